The van der Waals surface area contributed by atoms with Crippen LogP contribution in [0.5, 0.6) is 0 Å². The fourth-order valence-corrected chi connectivity index (χ4v) is 1.80. The van der Waals surface area contributed by atoms with Crippen LogP contribution in [0.4, 0.5) is 5.69 Å². The second kappa shape index (κ2) is 3.93. The minimum absolute atomic E-state index is 0.0296. The Morgan fingerprint density at radius 2 is 2.00 bits per heavy atom. The number of aromatic nitrogens is 1. The molecule has 0 atom stereocenters. The van der Waals surface area contributed by atoms with Crippen LogP contribution in [0.15, 0.2) is 30.5 Å². The molecule has 1 amide bonds. The molecule has 2 aromatic rings. The Kier molecular flexibility index (Phi) is 2.60. The van der Waals surface area contributed by atoms with E-state index in [9.17, 15) is 4.79 Å². The highest BCUT2D eigenvalue weighted by Crippen LogP contribution is 2.26. The molecule has 0 fully saturated rings. The maximum atomic E-state index is 11.4. The van der Waals surface area contributed by atoms with Crippen molar-refractivity contribution in [2.75, 3.05) is 11.9 Å². The number of nitrogens with zero attached hydrogens (tertiary/aromatic N) is 2. The predicted octanol–water partition coefficient (Wildman–Crippen LogP) is 2.53. The molecular weight excluding hydrogens is 200 g/mol. The summed E-state index contributed by atoms with van der Waals surface area (Å²) in [6.07, 6.45) is 1.77. The number of carbonyl (C=O) groups is 1. The van der Waals surface area contributed by atoms with Crippen molar-refractivity contribution < 1.29 is 4.79 Å². The first-order valence-electron chi connectivity index (χ1n) is 5.20. The highest BCUT2D eigenvalue weighted by atomic mass is 16.2. The number of carbonyl (C=O) groups excluding carboxylic acids is 1. The lowest BCUT2D eigenvalue weighted by atomic mass is 10.1. The zero-order valence-electron chi connectivity index (χ0n) is 9.69. The Balaban J connectivity index is 2.72. The van der Waals surface area contributed by atoms with Crippen molar-refractivity contribution in [1.82, 2.24) is 4.98 Å². The van der Waals surface area contributed by atoms with Gasteiger partial charge >= 0.3 is 0 Å². The number of fused-ring (bicyclic) bond motifs is 1. The van der Waals surface area contributed by atoms with E-state index in [1.54, 1.807) is 25.1 Å². The standard InChI is InChI=1S/C13H14N2O/c1-9-11-5-4-6-13(15(3)10(2)16)12(11)7-8-14-9/h4-8H,1-3H3. The van der Waals surface area contributed by atoms with Gasteiger partial charge in [0.05, 0.1) is 5.69 Å². The highest BCUT2D eigenvalue weighted by Gasteiger charge is 2.09. The van der Waals surface area contributed by atoms with Gasteiger partial charge in [-0.05, 0) is 19.1 Å². The fourth-order valence-electron chi connectivity index (χ4n) is 1.80. The van der Waals surface area contributed by atoms with Crippen molar-refractivity contribution in [1.29, 1.82) is 0 Å². The molecule has 1 aromatic carbocycles. The molecule has 0 aliphatic rings. The fraction of sp³-hybridized carbons (Fsp3) is 0.231. The van der Waals surface area contributed by atoms with Gasteiger partial charge < -0.3 is 4.90 Å². The topological polar surface area (TPSA) is 33.2 Å². The first-order valence-corrected chi connectivity index (χ1v) is 5.20. The molecule has 1 aromatic heterocycles. The number of anilines is 1. The van der Waals surface area contributed by atoms with E-state index in [1.165, 1.54) is 0 Å². The van der Waals surface area contributed by atoms with E-state index in [0.717, 1.165) is 22.2 Å². The van der Waals surface area contributed by atoms with Crippen molar-refractivity contribution in [3.05, 3.63) is 36.2 Å². The maximum Gasteiger partial charge on any atom is 0.223 e. The van der Waals surface area contributed by atoms with Gasteiger partial charge in [0.25, 0.3) is 0 Å². The van der Waals surface area contributed by atoms with Gasteiger partial charge in [-0.2, -0.15) is 0 Å². The van der Waals surface area contributed by atoms with Gasteiger partial charge in [-0.1, -0.05) is 12.1 Å². The van der Waals surface area contributed by atoms with Crippen LogP contribution in [0.25, 0.3) is 10.8 Å². The molecule has 1 heterocycles. The van der Waals surface area contributed by atoms with Crippen molar-refractivity contribution in [2.24, 2.45) is 0 Å². The van der Waals surface area contributed by atoms with E-state index in [-0.39, 0.29) is 5.91 Å². The summed E-state index contributed by atoms with van der Waals surface area (Å²) in [4.78, 5) is 17.3. The van der Waals surface area contributed by atoms with Gasteiger partial charge in [-0.15, -0.1) is 0 Å². The molecule has 0 unspecified atom stereocenters. The van der Waals surface area contributed by atoms with E-state index in [0.29, 0.717) is 0 Å². The molecule has 0 bridgehead atoms. The van der Waals surface area contributed by atoms with Crippen LogP contribution < -0.4 is 4.90 Å². The van der Waals surface area contributed by atoms with Gasteiger partial charge in [-0.25, -0.2) is 0 Å². The maximum absolute atomic E-state index is 11.4. The van der Waals surface area contributed by atoms with Crippen LogP contribution in [0.2, 0.25) is 0 Å². The van der Waals surface area contributed by atoms with E-state index < -0.39 is 0 Å². The van der Waals surface area contributed by atoms with Crippen LogP contribution in [0, 0.1) is 6.92 Å². The number of amides is 1. The van der Waals surface area contributed by atoms with Crippen LogP contribution in [-0.4, -0.2) is 17.9 Å². The van der Waals surface area contributed by atoms with Crippen molar-refractivity contribution in [2.45, 2.75) is 13.8 Å². The Labute approximate surface area is 94.7 Å². The van der Waals surface area contributed by atoms with Crippen molar-refractivity contribution in [3.8, 4) is 0 Å². The van der Waals surface area contributed by atoms with Crippen molar-refractivity contribution in [3.63, 3.8) is 0 Å². The van der Waals surface area contributed by atoms with E-state index in [2.05, 4.69) is 4.98 Å². The minimum Gasteiger partial charge on any atom is -0.315 e. The Morgan fingerprint density at radius 1 is 1.25 bits per heavy atom. The zero-order valence-corrected chi connectivity index (χ0v) is 9.69. The summed E-state index contributed by atoms with van der Waals surface area (Å²) >= 11 is 0. The second-order valence-electron chi connectivity index (χ2n) is 3.85. The molecule has 16 heavy (non-hydrogen) atoms. The largest absolute Gasteiger partial charge is 0.315 e. The quantitative estimate of drug-likeness (QED) is 0.730. The number of pyridine rings is 1. The summed E-state index contributed by atoms with van der Waals surface area (Å²) in [7, 11) is 1.78. The molecule has 0 aliphatic carbocycles. The van der Waals surface area contributed by atoms with Crippen molar-refractivity contribution >= 4 is 22.4 Å². The molecule has 0 aliphatic heterocycles. The number of rotatable bonds is 1. The number of aryl methyl sites for hydroxylation is 1. The Morgan fingerprint density at radius 3 is 2.69 bits per heavy atom. The highest BCUT2D eigenvalue weighted by molar-refractivity contribution is 6.03. The van der Waals surface area contributed by atoms with Gasteiger partial charge in [0.15, 0.2) is 0 Å². The smallest absolute Gasteiger partial charge is 0.223 e. The average Bonchev–Trinajstić information content (AvgIpc) is 2.28. The third kappa shape index (κ3) is 1.65. The molecule has 0 saturated heterocycles. The monoisotopic (exact) mass is 214 g/mol. The first kappa shape index (κ1) is 10.6. The summed E-state index contributed by atoms with van der Waals surface area (Å²) in [6.45, 7) is 3.53. The summed E-state index contributed by atoms with van der Waals surface area (Å²) in [5.74, 6) is 0.0296. The van der Waals surface area contributed by atoms with Crippen LogP contribution in [0.1, 0.15) is 12.6 Å². The lowest BCUT2D eigenvalue weighted by Gasteiger charge is -2.17. The van der Waals surface area contributed by atoms with Gasteiger partial charge in [0.2, 0.25) is 5.91 Å². The summed E-state index contributed by atoms with van der Waals surface area (Å²) < 4.78 is 0. The third-order valence-electron chi connectivity index (χ3n) is 2.82. The molecule has 3 nitrogen and oxygen atoms in total. The van der Waals surface area contributed by atoms with E-state index >= 15 is 0 Å². The molecule has 0 radical (unpaired) electrons. The predicted molar refractivity (Wildman–Crippen MR) is 65.6 cm³/mol. The summed E-state index contributed by atoms with van der Waals surface area (Å²) in [6, 6.07) is 7.86. The van der Waals surface area contributed by atoms with Gasteiger partial charge in [0, 0.05) is 36.6 Å². The molecule has 2 rings (SSSR count). The van der Waals surface area contributed by atoms with Crippen LogP contribution in [0.3, 0.4) is 0 Å². The SMILES string of the molecule is CC(=O)N(C)c1cccc2c(C)nccc12. The molecule has 0 N–H and O–H groups in total. The molecule has 0 spiro atoms. The normalized spacial score (nSPS) is 10.4. The minimum atomic E-state index is 0.0296. The Bertz CT molecular complexity index is 549. The lowest BCUT2D eigenvalue weighted by Crippen LogP contribution is -2.22. The second-order valence-corrected chi connectivity index (χ2v) is 3.85. The van der Waals surface area contributed by atoms with Gasteiger partial charge in [-0.3, -0.25) is 9.78 Å². The first-order chi connectivity index (χ1) is 7.61. The molecule has 82 valence electrons. The molecule has 0 saturated carbocycles. The van der Waals surface area contributed by atoms with Crippen LogP contribution in [-0.2, 0) is 4.79 Å². The molecular formula is C13H14N2O. The van der Waals surface area contributed by atoms with Gasteiger partial charge in [0.1, 0.15) is 0 Å². The van der Waals surface area contributed by atoms with E-state index in [4.69, 9.17) is 0 Å². The lowest BCUT2D eigenvalue weighted by molar-refractivity contribution is -0.116. The number of benzene rings is 1. The molecule has 3 heteroatoms. The third-order valence-corrected chi connectivity index (χ3v) is 2.82. The zero-order chi connectivity index (χ0) is 11.7. The van der Waals surface area contributed by atoms with E-state index in [1.807, 2.05) is 31.2 Å². The number of hydrogen-bond donors (Lipinski definition) is 0. The average molecular weight is 214 g/mol. The Hall–Kier alpha value is -1.90. The number of hydrogen-bond acceptors (Lipinski definition) is 2. The van der Waals surface area contributed by atoms with Crippen LogP contribution >= 0.6 is 0 Å². The summed E-state index contributed by atoms with van der Waals surface area (Å²) in [5, 5.41) is 2.15. The summed E-state index contributed by atoms with van der Waals surface area (Å²) in [5.41, 5.74) is 1.91.